The highest BCUT2D eigenvalue weighted by Crippen LogP contribution is 2.26. The lowest BCUT2D eigenvalue weighted by Gasteiger charge is -2.20. The highest BCUT2D eigenvalue weighted by atomic mass is 32.1. The van der Waals surface area contributed by atoms with Gasteiger partial charge in [0, 0.05) is 18.2 Å². The molecule has 1 unspecified atom stereocenters. The molecule has 2 N–H and O–H groups in total. The maximum absolute atomic E-state index is 11.4. The van der Waals surface area contributed by atoms with Gasteiger partial charge in [0.15, 0.2) is 0 Å². The third-order valence-electron chi connectivity index (χ3n) is 3.65. The Balaban J connectivity index is 1.67. The Labute approximate surface area is 127 Å². The summed E-state index contributed by atoms with van der Waals surface area (Å²) in [4.78, 5) is 11.4. The van der Waals surface area contributed by atoms with Crippen LogP contribution in [-0.4, -0.2) is 16.1 Å². The standard InChI is InChI=1S/C15H18N4OS/c1-9(16-8-15-19-18-10(2)21-15)11-3-5-13-12(7-11)4-6-14(20)17-13/h3,5,7,9,16H,4,6,8H2,1-2H3,(H,17,20). The molecule has 1 aliphatic rings. The van der Waals surface area contributed by atoms with E-state index >= 15 is 0 Å². The number of carbonyl (C=O) groups excluding carboxylic acids is 1. The van der Waals surface area contributed by atoms with E-state index in [-0.39, 0.29) is 11.9 Å². The molecule has 2 heterocycles. The van der Waals surface area contributed by atoms with Crippen molar-refractivity contribution in [1.82, 2.24) is 15.5 Å². The first kappa shape index (κ1) is 14.2. The van der Waals surface area contributed by atoms with Crippen LogP contribution in [0.4, 0.5) is 5.69 Å². The average Bonchev–Trinajstić information content (AvgIpc) is 2.90. The monoisotopic (exact) mass is 302 g/mol. The third-order valence-corrected chi connectivity index (χ3v) is 4.49. The van der Waals surface area contributed by atoms with Gasteiger partial charge >= 0.3 is 0 Å². The van der Waals surface area contributed by atoms with Crippen molar-refractivity contribution in [2.45, 2.75) is 39.3 Å². The number of anilines is 1. The lowest BCUT2D eigenvalue weighted by atomic mass is 9.98. The normalized spacial score (nSPS) is 15.4. The summed E-state index contributed by atoms with van der Waals surface area (Å²) in [5.41, 5.74) is 3.39. The number of amides is 1. The summed E-state index contributed by atoms with van der Waals surface area (Å²) in [6.45, 7) is 4.82. The van der Waals surface area contributed by atoms with Gasteiger partial charge in [0.25, 0.3) is 0 Å². The fourth-order valence-corrected chi connectivity index (χ4v) is 3.10. The number of hydrogen-bond donors (Lipinski definition) is 2. The molecule has 0 spiro atoms. The molecule has 1 aromatic heterocycles. The minimum absolute atomic E-state index is 0.105. The Bertz CT molecular complexity index is 667. The molecule has 1 aromatic carbocycles. The highest BCUT2D eigenvalue weighted by molar-refractivity contribution is 7.11. The topological polar surface area (TPSA) is 66.9 Å². The molecule has 3 rings (SSSR count). The van der Waals surface area contributed by atoms with Crippen LogP contribution in [0.1, 0.15) is 40.5 Å². The van der Waals surface area contributed by atoms with Crippen LogP contribution in [0, 0.1) is 6.92 Å². The van der Waals surface area contributed by atoms with Gasteiger partial charge in [-0.1, -0.05) is 12.1 Å². The minimum Gasteiger partial charge on any atom is -0.326 e. The summed E-state index contributed by atoms with van der Waals surface area (Å²) in [7, 11) is 0. The van der Waals surface area contributed by atoms with Crippen molar-refractivity contribution in [1.29, 1.82) is 0 Å². The van der Waals surface area contributed by atoms with E-state index in [0.29, 0.717) is 6.42 Å². The molecule has 0 saturated heterocycles. The fourth-order valence-electron chi connectivity index (χ4n) is 2.44. The van der Waals surface area contributed by atoms with Gasteiger partial charge in [-0.2, -0.15) is 0 Å². The van der Waals surface area contributed by atoms with Gasteiger partial charge in [0.2, 0.25) is 5.91 Å². The Hall–Kier alpha value is -1.79. The molecule has 110 valence electrons. The number of nitrogens with one attached hydrogen (secondary N) is 2. The largest absolute Gasteiger partial charge is 0.326 e. The van der Waals surface area contributed by atoms with E-state index in [1.807, 2.05) is 13.0 Å². The van der Waals surface area contributed by atoms with Crippen molar-refractivity contribution in [3.8, 4) is 0 Å². The SMILES string of the molecule is Cc1nnc(CNC(C)c2ccc3c(c2)CCC(=O)N3)s1. The lowest BCUT2D eigenvalue weighted by molar-refractivity contribution is -0.116. The third kappa shape index (κ3) is 3.28. The molecule has 6 heteroatoms. The number of benzene rings is 1. The molecule has 0 radical (unpaired) electrons. The molecular formula is C15H18N4OS. The summed E-state index contributed by atoms with van der Waals surface area (Å²) in [5.74, 6) is 0.105. The van der Waals surface area contributed by atoms with Gasteiger partial charge in [0.1, 0.15) is 10.0 Å². The number of aryl methyl sites for hydroxylation is 2. The van der Waals surface area contributed by atoms with Crippen LogP contribution >= 0.6 is 11.3 Å². The van der Waals surface area contributed by atoms with E-state index in [4.69, 9.17) is 0 Å². The predicted molar refractivity (Wildman–Crippen MR) is 83.3 cm³/mol. The zero-order valence-electron chi connectivity index (χ0n) is 12.1. The van der Waals surface area contributed by atoms with Gasteiger partial charge in [-0.3, -0.25) is 4.79 Å². The average molecular weight is 302 g/mol. The van der Waals surface area contributed by atoms with Crippen molar-refractivity contribution in [2.75, 3.05) is 5.32 Å². The Morgan fingerprint density at radius 1 is 1.38 bits per heavy atom. The van der Waals surface area contributed by atoms with Crippen LogP contribution in [0.2, 0.25) is 0 Å². The number of nitrogens with zero attached hydrogens (tertiary/aromatic N) is 2. The molecule has 2 aromatic rings. The molecule has 21 heavy (non-hydrogen) atoms. The first-order valence-electron chi connectivity index (χ1n) is 7.07. The summed E-state index contributed by atoms with van der Waals surface area (Å²) < 4.78 is 0. The number of fused-ring (bicyclic) bond motifs is 1. The van der Waals surface area contributed by atoms with Crippen LogP contribution in [-0.2, 0) is 17.8 Å². The fraction of sp³-hybridized carbons (Fsp3) is 0.400. The summed E-state index contributed by atoms with van der Waals surface area (Å²) >= 11 is 1.62. The molecule has 1 atom stereocenters. The molecule has 0 saturated carbocycles. The van der Waals surface area contributed by atoms with Crippen LogP contribution < -0.4 is 10.6 Å². The smallest absolute Gasteiger partial charge is 0.224 e. The first-order chi connectivity index (χ1) is 10.1. The van der Waals surface area contributed by atoms with Gasteiger partial charge in [-0.25, -0.2) is 0 Å². The first-order valence-corrected chi connectivity index (χ1v) is 7.88. The van der Waals surface area contributed by atoms with Crippen LogP contribution in [0.3, 0.4) is 0 Å². The Morgan fingerprint density at radius 3 is 3.00 bits per heavy atom. The van der Waals surface area contributed by atoms with Crippen LogP contribution in [0.15, 0.2) is 18.2 Å². The van der Waals surface area contributed by atoms with E-state index in [1.165, 1.54) is 11.1 Å². The van der Waals surface area contributed by atoms with Gasteiger partial charge in [0.05, 0.1) is 6.54 Å². The molecule has 0 aliphatic carbocycles. The zero-order valence-corrected chi connectivity index (χ0v) is 13.0. The number of hydrogen-bond acceptors (Lipinski definition) is 5. The number of rotatable bonds is 4. The second kappa shape index (κ2) is 5.91. The van der Waals surface area contributed by atoms with Crippen LogP contribution in [0.25, 0.3) is 0 Å². The van der Waals surface area contributed by atoms with Crippen molar-refractivity contribution in [3.63, 3.8) is 0 Å². The number of carbonyl (C=O) groups is 1. The molecule has 1 aliphatic heterocycles. The highest BCUT2D eigenvalue weighted by Gasteiger charge is 2.16. The van der Waals surface area contributed by atoms with E-state index < -0.39 is 0 Å². The summed E-state index contributed by atoms with van der Waals surface area (Å²) in [5, 5.41) is 16.5. The minimum atomic E-state index is 0.105. The summed E-state index contributed by atoms with van der Waals surface area (Å²) in [6.07, 6.45) is 1.39. The lowest BCUT2D eigenvalue weighted by Crippen LogP contribution is -2.21. The second-order valence-corrected chi connectivity index (χ2v) is 6.55. The Morgan fingerprint density at radius 2 is 2.24 bits per heavy atom. The maximum atomic E-state index is 11.4. The quantitative estimate of drug-likeness (QED) is 0.911. The van der Waals surface area contributed by atoms with E-state index in [9.17, 15) is 4.79 Å². The van der Waals surface area contributed by atoms with Crippen molar-refractivity contribution in [3.05, 3.63) is 39.3 Å². The maximum Gasteiger partial charge on any atom is 0.224 e. The van der Waals surface area contributed by atoms with E-state index in [2.05, 4.69) is 39.9 Å². The molecule has 5 nitrogen and oxygen atoms in total. The molecule has 0 bridgehead atoms. The zero-order chi connectivity index (χ0) is 14.8. The molecule has 0 fully saturated rings. The molecule has 1 amide bonds. The Kier molecular flexibility index (Phi) is 3.98. The summed E-state index contributed by atoms with van der Waals surface area (Å²) in [6, 6.07) is 6.47. The van der Waals surface area contributed by atoms with Gasteiger partial charge < -0.3 is 10.6 Å². The van der Waals surface area contributed by atoms with Gasteiger partial charge in [-0.15, -0.1) is 21.5 Å². The van der Waals surface area contributed by atoms with Crippen LogP contribution in [0.5, 0.6) is 0 Å². The van der Waals surface area contributed by atoms with Gasteiger partial charge in [-0.05, 0) is 37.5 Å². The predicted octanol–water partition coefficient (Wildman–Crippen LogP) is 2.58. The van der Waals surface area contributed by atoms with Crippen molar-refractivity contribution < 1.29 is 4.79 Å². The molecular weight excluding hydrogens is 284 g/mol. The van der Waals surface area contributed by atoms with Crippen molar-refractivity contribution >= 4 is 22.9 Å². The van der Waals surface area contributed by atoms with E-state index in [0.717, 1.165) is 28.7 Å². The number of aromatic nitrogens is 2. The second-order valence-electron chi connectivity index (χ2n) is 5.28. The van der Waals surface area contributed by atoms with E-state index in [1.54, 1.807) is 11.3 Å². The van der Waals surface area contributed by atoms with Crippen molar-refractivity contribution in [2.24, 2.45) is 0 Å².